The lowest BCUT2D eigenvalue weighted by Crippen LogP contribution is -2.12. The molecule has 0 bridgehead atoms. The molecular weight excluding hydrogens is 212 g/mol. The summed E-state index contributed by atoms with van der Waals surface area (Å²) in [5.41, 5.74) is 6.44. The molecule has 2 rings (SSSR count). The quantitative estimate of drug-likeness (QED) is 0.801. The number of rotatable bonds is 2. The Kier molecular flexibility index (Phi) is 2.59. The Balaban J connectivity index is 2.11. The largest absolute Gasteiger partial charge is 0.375 e. The highest BCUT2D eigenvalue weighted by molar-refractivity contribution is 7.13. The summed E-state index contributed by atoms with van der Waals surface area (Å²) >= 11 is 1.24. The van der Waals surface area contributed by atoms with Crippen molar-refractivity contribution in [2.45, 2.75) is 0 Å². The molecule has 15 heavy (non-hydrogen) atoms. The molecule has 0 saturated carbocycles. The Morgan fingerprint density at radius 2 is 2.13 bits per heavy atom. The second kappa shape index (κ2) is 4.05. The topological polar surface area (TPSA) is 80.9 Å². The molecule has 0 spiro atoms. The van der Waals surface area contributed by atoms with Crippen LogP contribution in [-0.4, -0.2) is 15.9 Å². The predicted octanol–water partition coefficient (Wildman–Crippen LogP) is 1.37. The number of hydrogen-bond acceptors (Lipinski definition) is 5. The lowest BCUT2D eigenvalue weighted by atomic mass is 10.4. The minimum atomic E-state index is -0.269. The van der Waals surface area contributed by atoms with Gasteiger partial charge in [-0.1, -0.05) is 0 Å². The molecule has 0 aliphatic heterocycles. The molecule has 2 aromatic heterocycles. The lowest BCUT2D eigenvalue weighted by molar-refractivity contribution is 0.102. The first-order valence-corrected chi connectivity index (χ1v) is 5.06. The van der Waals surface area contributed by atoms with Gasteiger partial charge in [-0.3, -0.25) is 9.78 Å². The van der Waals surface area contributed by atoms with Crippen LogP contribution in [-0.2, 0) is 0 Å². The summed E-state index contributed by atoms with van der Waals surface area (Å²) in [6, 6.07) is 3.40. The number of nitrogens with one attached hydrogen (secondary N) is 1. The average Bonchev–Trinajstić information content (AvgIpc) is 2.66. The van der Waals surface area contributed by atoms with Crippen LogP contribution in [0.1, 0.15) is 10.5 Å². The molecule has 0 unspecified atom stereocenters. The Labute approximate surface area is 90.0 Å². The van der Waals surface area contributed by atoms with E-state index < -0.39 is 0 Å². The number of thiazole rings is 1. The van der Waals surface area contributed by atoms with Crippen LogP contribution in [0.2, 0.25) is 0 Å². The van der Waals surface area contributed by atoms with E-state index in [1.165, 1.54) is 11.3 Å². The highest BCUT2D eigenvalue weighted by atomic mass is 32.1. The van der Waals surface area contributed by atoms with Gasteiger partial charge in [0, 0.05) is 23.5 Å². The molecule has 76 valence electrons. The number of nitrogens with two attached hydrogens (primary N) is 1. The monoisotopic (exact) mass is 220 g/mol. The van der Waals surface area contributed by atoms with Gasteiger partial charge in [0.15, 0.2) is 5.13 Å². The molecule has 0 radical (unpaired) electrons. The molecule has 6 heteroatoms. The number of nitrogen functional groups attached to an aromatic ring is 1. The summed E-state index contributed by atoms with van der Waals surface area (Å²) in [7, 11) is 0. The SMILES string of the molecule is Nc1nc(C(=O)Nc2ccncc2)cs1. The van der Waals surface area contributed by atoms with Gasteiger partial charge in [-0.2, -0.15) is 0 Å². The van der Waals surface area contributed by atoms with E-state index in [1.54, 1.807) is 29.9 Å². The van der Waals surface area contributed by atoms with Crippen LogP contribution in [0.4, 0.5) is 10.8 Å². The van der Waals surface area contributed by atoms with Crippen molar-refractivity contribution in [3.8, 4) is 0 Å². The van der Waals surface area contributed by atoms with E-state index in [9.17, 15) is 4.79 Å². The van der Waals surface area contributed by atoms with Crippen LogP contribution >= 0.6 is 11.3 Å². The molecule has 0 aliphatic rings. The summed E-state index contributed by atoms with van der Waals surface area (Å²) in [5, 5.41) is 4.68. The molecule has 1 amide bonds. The average molecular weight is 220 g/mol. The van der Waals surface area contributed by atoms with Gasteiger partial charge in [-0.15, -0.1) is 11.3 Å². The number of hydrogen-bond donors (Lipinski definition) is 2. The van der Waals surface area contributed by atoms with Gasteiger partial charge in [0.05, 0.1) is 0 Å². The van der Waals surface area contributed by atoms with Crippen LogP contribution < -0.4 is 11.1 Å². The van der Waals surface area contributed by atoms with Gasteiger partial charge in [0.1, 0.15) is 5.69 Å². The standard InChI is InChI=1S/C9H8N4OS/c10-9-13-7(5-15-9)8(14)12-6-1-3-11-4-2-6/h1-5H,(H2,10,13)(H,11,12,14). The molecule has 0 atom stereocenters. The highest BCUT2D eigenvalue weighted by Gasteiger charge is 2.09. The molecule has 2 aromatic rings. The second-order valence-electron chi connectivity index (χ2n) is 2.76. The maximum Gasteiger partial charge on any atom is 0.275 e. The van der Waals surface area contributed by atoms with Crippen LogP contribution in [0.3, 0.4) is 0 Å². The third kappa shape index (κ3) is 2.29. The second-order valence-corrected chi connectivity index (χ2v) is 3.65. The summed E-state index contributed by atoms with van der Waals surface area (Å²) < 4.78 is 0. The zero-order valence-electron chi connectivity index (χ0n) is 7.68. The Hall–Kier alpha value is -1.95. The maximum atomic E-state index is 11.6. The first kappa shape index (κ1) is 9.60. The van der Waals surface area contributed by atoms with E-state index in [4.69, 9.17) is 5.73 Å². The molecule has 0 saturated heterocycles. The van der Waals surface area contributed by atoms with Crippen molar-refractivity contribution >= 4 is 28.1 Å². The fourth-order valence-corrected chi connectivity index (χ4v) is 1.57. The van der Waals surface area contributed by atoms with Crippen molar-refractivity contribution in [2.75, 3.05) is 11.1 Å². The first-order valence-electron chi connectivity index (χ1n) is 4.18. The zero-order valence-corrected chi connectivity index (χ0v) is 8.49. The van der Waals surface area contributed by atoms with Crippen molar-refractivity contribution < 1.29 is 4.79 Å². The van der Waals surface area contributed by atoms with Gasteiger partial charge < -0.3 is 11.1 Å². The van der Waals surface area contributed by atoms with Crippen LogP contribution in [0.25, 0.3) is 0 Å². The predicted molar refractivity (Wildman–Crippen MR) is 58.7 cm³/mol. The number of amides is 1. The van der Waals surface area contributed by atoms with Gasteiger partial charge in [-0.05, 0) is 12.1 Å². The zero-order chi connectivity index (χ0) is 10.7. The molecule has 3 N–H and O–H groups in total. The van der Waals surface area contributed by atoms with Gasteiger partial charge in [-0.25, -0.2) is 4.98 Å². The van der Waals surface area contributed by atoms with Crippen LogP contribution in [0.15, 0.2) is 29.9 Å². The number of aromatic nitrogens is 2. The number of pyridine rings is 1. The minimum Gasteiger partial charge on any atom is -0.375 e. The van der Waals surface area contributed by atoms with Crippen molar-refractivity contribution in [1.29, 1.82) is 0 Å². The van der Waals surface area contributed by atoms with E-state index in [0.717, 1.165) is 0 Å². The molecule has 0 aliphatic carbocycles. The number of carbonyl (C=O) groups excluding carboxylic acids is 1. The van der Waals surface area contributed by atoms with Gasteiger partial charge in [0.25, 0.3) is 5.91 Å². The summed E-state index contributed by atoms with van der Waals surface area (Å²) in [6.07, 6.45) is 3.20. The van der Waals surface area contributed by atoms with E-state index in [2.05, 4.69) is 15.3 Å². The Morgan fingerprint density at radius 1 is 1.40 bits per heavy atom. The molecule has 0 fully saturated rings. The highest BCUT2D eigenvalue weighted by Crippen LogP contribution is 2.13. The molecule has 2 heterocycles. The van der Waals surface area contributed by atoms with Gasteiger partial charge in [0.2, 0.25) is 0 Å². The van der Waals surface area contributed by atoms with Crippen LogP contribution in [0, 0.1) is 0 Å². The smallest absolute Gasteiger partial charge is 0.275 e. The molecular formula is C9H8N4OS. The number of anilines is 2. The first-order chi connectivity index (χ1) is 7.25. The maximum absolute atomic E-state index is 11.6. The normalized spacial score (nSPS) is 9.87. The number of nitrogens with zero attached hydrogens (tertiary/aromatic N) is 2. The van der Waals surface area contributed by atoms with Crippen LogP contribution in [0.5, 0.6) is 0 Å². The lowest BCUT2D eigenvalue weighted by Gasteiger charge is -2.01. The van der Waals surface area contributed by atoms with Crippen molar-refractivity contribution in [3.05, 3.63) is 35.6 Å². The van der Waals surface area contributed by atoms with E-state index in [-0.39, 0.29) is 5.91 Å². The van der Waals surface area contributed by atoms with Crippen molar-refractivity contribution in [2.24, 2.45) is 0 Å². The number of carbonyl (C=O) groups is 1. The Morgan fingerprint density at radius 3 is 2.73 bits per heavy atom. The van der Waals surface area contributed by atoms with E-state index in [1.807, 2.05) is 0 Å². The fraction of sp³-hybridized carbons (Fsp3) is 0. The third-order valence-electron chi connectivity index (χ3n) is 1.69. The fourth-order valence-electron chi connectivity index (χ4n) is 1.02. The summed E-state index contributed by atoms with van der Waals surface area (Å²) in [4.78, 5) is 19.3. The van der Waals surface area contributed by atoms with Gasteiger partial charge >= 0.3 is 0 Å². The third-order valence-corrected chi connectivity index (χ3v) is 2.37. The van der Waals surface area contributed by atoms with Crippen molar-refractivity contribution in [3.63, 3.8) is 0 Å². The summed E-state index contributed by atoms with van der Waals surface area (Å²) in [6.45, 7) is 0. The molecule has 5 nitrogen and oxygen atoms in total. The minimum absolute atomic E-state index is 0.269. The summed E-state index contributed by atoms with van der Waals surface area (Å²) in [5.74, 6) is -0.269. The van der Waals surface area contributed by atoms with E-state index in [0.29, 0.717) is 16.5 Å². The molecule has 0 aromatic carbocycles. The Bertz CT molecular complexity index is 468. The van der Waals surface area contributed by atoms with Crippen molar-refractivity contribution in [1.82, 2.24) is 9.97 Å². The van der Waals surface area contributed by atoms with E-state index >= 15 is 0 Å².